The van der Waals surface area contributed by atoms with Gasteiger partial charge in [0.25, 0.3) is 0 Å². The monoisotopic (exact) mass is 416 g/mol. The number of amidine groups is 1. The summed E-state index contributed by atoms with van der Waals surface area (Å²) in [7, 11) is -1.70. The van der Waals surface area contributed by atoms with E-state index in [2.05, 4.69) is 25.3 Å². The summed E-state index contributed by atoms with van der Waals surface area (Å²) < 4.78 is 28.2. The summed E-state index contributed by atoms with van der Waals surface area (Å²) in [5.41, 5.74) is 2.92. The van der Waals surface area contributed by atoms with E-state index < -0.39 is 23.6 Å². The number of halogens is 1. The molecule has 0 bridgehead atoms. The van der Waals surface area contributed by atoms with Gasteiger partial charge < -0.3 is 5.32 Å². The standard InChI is InChI=1S/C14H17FN6O4S2/c15-7-9-2-1-3-10(6-9)18-13(19-23)12-14(21-25-20-12)26-5-4-17-11(22)8-27(16)24/h1-3,6,23H,4-5,7-8,16H2,(H,17,22)(H,18,19). The fourth-order valence-electron chi connectivity index (χ4n) is 1.91. The van der Waals surface area contributed by atoms with Crippen molar-refractivity contribution in [2.75, 3.05) is 18.1 Å². The maximum absolute atomic E-state index is 12.8. The van der Waals surface area contributed by atoms with Crippen LogP contribution in [0.2, 0.25) is 0 Å². The van der Waals surface area contributed by atoms with Gasteiger partial charge in [0.1, 0.15) is 12.4 Å². The molecular formula is C14H17FN6O4S2. The van der Waals surface area contributed by atoms with E-state index in [0.717, 1.165) is 0 Å². The van der Waals surface area contributed by atoms with Gasteiger partial charge in [-0.1, -0.05) is 23.9 Å². The Kier molecular flexibility index (Phi) is 8.32. The van der Waals surface area contributed by atoms with Crippen molar-refractivity contribution in [3.63, 3.8) is 0 Å². The summed E-state index contributed by atoms with van der Waals surface area (Å²) in [6.07, 6.45) is 0. The average molecular weight is 416 g/mol. The lowest BCUT2D eigenvalue weighted by Gasteiger charge is -2.05. The van der Waals surface area contributed by atoms with Gasteiger partial charge in [0.2, 0.25) is 5.91 Å². The molecule has 0 spiro atoms. The van der Waals surface area contributed by atoms with Crippen LogP contribution in [0, 0.1) is 0 Å². The van der Waals surface area contributed by atoms with E-state index in [-0.39, 0.29) is 23.8 Å². The summed E-state index contributed by atoms with van der Waals surface area (Å²) in [5.74, 6) is -0.329. The molecule has 0 radical (unpaired) electrons. The van der Waals surface area contributed by atoms with Crippen molar-refractivity contribution in [3.05, 3.63) is 35.5 Å². The number of aromatic nitrogens is 2. The molecule has 1 unspecified atom stereocenters. The van der Waals surface area contributed by atoms with Crippen LogP contribution in [0.3, 0.4) is 0 Å². The quantitative estimate of drug-likeness (QED) is 0.151. The molecule has 0 aliphatic rings. The number of carbonyl (C=O) groups is 1. The van der Waals surface area contributed by atoms with Crippen LogP contribution < -0.4 is 15.9 Å². The second-order valence-electron chi connectivity index (χ2n) is 5.02. The van der Waals surface area contributed by atoms with E-state index in [0.29, 0.717) is 22.0 Å². The predicted molar refractivity (Wildman–Crippen MR) is 97.6 cm³/mol. The molecule has 1 amide bonds. The number of nitrogens with two attached hydrogens (primary N) is 1. The Hall–Kier alpha value is -2.35. The Bertz CT molecular complexity index is 831. The maximum Gasteiger partial charge on any atom is 0.234 e. The lowest BCUT2D eigenvalue weighted by molar-refractivity contribution is -0.118. The summed E-state index contributed by atoms with van der Waals surface area (Å²) in [6.45, 7) is -0.369. The summed E-state index contributed by atoms with van der Waals surface area (Å²) in [5, 5.41) is 24.7. The third-order valence-electron chi connectivity index (χ3n) is 3.03. The van der Waals surface area contributed by atoms with Crippen molar-refractivity contribution in [1.82, 2.24) is 21.1 Å². The Morgan fingerprint density at radius 3 is 2.96 bits per heavy atom. The van der Waals surface area contributed by atoms with Crippen molar-refractivity contribution in [2.45, 2.75) is 11.7 Å². The van der Waals surface area contributed by atoms with Crippen molar-refractivity contribution in [1.29, 1.82) is 0 Å². The van der Waals surface area contributed by atoms with E-state index in [4.69, 9.17) is 5.14 Å². The van der Waals surface area contributed by atoms with Crippen LogP contribution in [0.15, 0.2) is 38.9 Å². The number of nitrogens with one attached hydrogen (secondary N) is 2. The van der Waals surface area contributed by atoms with Gasteiger partial charge >= 0.3 is 0 Å². The number of thioether (sulfide) groups is 1. The number of hydrogen-bond donors (Lipinski definition) is 4. The minimum Gasteiger partial charge on any atom is -0.354 e. The third kappa shape index (κ3) is 6.71. The van der Waals surface area contributed by atoms with E-state index in [9.17, 15) is 18.6 Å². The first kappa shape index (κ1) is 21.0. The van der Waals surface area contributed by atoms with Crippen LogP contribution in [-0.4, -0.2) is 49.5 Å². The molecule has 1 aromatic carbocycles. The van der Waals surface area contributed by atoms with E-state index in [1.54, 1.807) is 18.2 Å². The molecule has 0 fully saturated rings. The summed E-state index contributed by atoms with van der Waals surface area (Å²) in [4.78, 5) is 15.5. The lowest BCUT2D eigenvalue weighted by atomic mass is 10.2. The normalized spacial score (nSPS) is 12.6. The summed E-state index contributed by atoms with van der Waals surface area (Å²) in [6, 6.07) is 6.40. The highest BCUT2D eigenvalue weighted by atomic mass is 32.2. The number of rotatable bonds is 9. The zero-order valence-corrected chi connectivity index (χ0v) is 15.6. The highest BCUT2D eigenvalue weighted by molar-refractivity contribution is 7.99. The maximum atomic E-state index is 12.8. The Balaban J connectivity index is 2.02. The van der Waals surface area contributed by atoms with Crippen LogP contribution in [0.5, 0.6) is 0 Å². The van der Waals surface area contributed by atoms with Gasteiger partial charge in [-0.2, -0.15) is 0 Å². The number of hydrogen-bond acceptors (Lipinski definition) is 8. The van der Waals surface area contributed by atoms with E-state index in [1.807, 2.05) is 5.48 Å². The first-order valence-corrected chi connectivity index (χ1v) is 9.89. The van der Waals surface area contributed by atoms with Crippen LogP contribution in [0.25, 0.3) is 0 Å². The number of hydroxylamine groups is 1. The largest absolute Gasteiger partial charge is 0.354 e. The zero-order chi connectivity index (χ0) is 19.6. The van der Waals surface area contributed by atoms with E-state index in [1.165, 1.54) is 17.8 Å². The molecule has 2 aromatic rings. The van der Waals surface area contributed by atoms with Gasteiger partial charge in [-0.05, 0) is 28.0 Å². The molecule has 5 N–H and O–H groups in total. The predicted octanol–water partition coefficient (Wildman–Crippen LogP) is 0.427. The number of carbonyl (C=O) groups excluding carboxylic acids is 1. The smallest absolute Gasteiger partial charge is 0.234 e. The third-order valence-corrected chi connectivity index (χ3v) is 4.53. The number of amides is 1. The first-order chi connectivity index (χ1) is 13.0. The zero-order valence-electron chi connectivity index (χ0n) is 13.9. The molecule has 10 nitrogen and oxygen atoms in total. The Labute approximate surface area is 160 Å². The van der Waals surface area contributed by atoms with Gasteiger partial charge in [-0.15, -0.1) is 0 Å². The second-order valence-corrected chi connectivity index (χ2v) is 7.15. The van der Waals surface area contributed by atoms with Crippen LogP contribution >= 0.6 is 11.8 Å². The molecule has 1 heterocycles. The number of aliphatic imine (C=N–C) groups is 1. The van der Waals surface area contributed by atoms with Gasteiger partial charge in [-0.25, -0.2) is 18.2 Å². The lowest BCUT2D eigenvalue weighted by Crippen LogP contribution is -2.31. The molecule has 13 heteroatoms. The minimum absolute atomic E-state index is 0.0303. The Morgan fingerprint density at radius 2 is 2.26 bits per heavy atom. The molecule has 1 atom stereocenters. The van der Waals surface area contributed by atoms with Crippen molar-refractivity contribution in [3.8, 4) is 0 Å². The number of nitrogens with zero attached hydrogens (tertiary/aromatic N) is 3. The van der Waals surface area contributed by atoms with Crippen molar-refractivity contribution < 1.29 is 23.2 Å². The molecule has 0 aliphatic heterocycles. The SMILES string of the molecule is NS(=O)CC(=O)NCCSc1nonc1C(=Nc1cccc(CF)c1)NO. The molecule has 0 saturated heterocycles. The fourth-order valence-corrected chi connectivity index (χ4v) is 3.02. The van der Waals surface area contributed by atoms with Crippen LogP contribution in [-0.2, 0) is 22.5 Å². The fraction of sp³-hybridized carbons (Fsp3) is 0.286. The van der Waals surface area contributed by atoms with Crippen LogP contribution in [0.1, 0.15) is 11.3 Å². The average Bonchev–Trinajstić information content (AvgIpc) is 3.11. The van der Waals surface area contributed by atoms with Gasteiger partial charge in [0, 0.05) is 12.3 Å². The van der Waals surface area contributed by atoms with Crippen molar-refractivity contribution in [2.24, 2.45) is 10.1 Å². The van der Waals surface area contributed by atoms with E-state index >= 15 is 0 Å². The second kappa shape index (κ2) is 10.7. The Morgan fingerprint density at radius 1 is 1.44 bits per heavy atom. The number of benzene rings is 1. The first-order valence-electron chi connectivity index (χ1n) is 7.52. The number of alkyl halides is 1. The molecule has 2 rings (SSSR count). The summed E-state index contributed by atoms with van der Waals surface area (Å²) >= 11 is 1.20. The highest BCUT2D eigenvalue weighted by Gasteiger charge is 2.17. The minimum atomic E-state index is -1.70. The molecule has 0 aliphatic carbocycles. The van der Waals surface area contributed by atoms with Crippen LogP contribution in [0.4, 0.5) is 10.1 Å². The molecular weight excluding hydrogens is 399 g/mol. The van der Waals surface area contributed by atoms with Crippen molar-refractivity contribution >= 4 is 40.2 Å². The molecule has 0 saturated carbocycles. The molecule has 27 heavy (non-hydrogen) atoms. The van der Waals surface area contributed by atoms with Gasteiger partial charge in [0.15, 0.2) is 16.6 Å². The topological polar surface area (TPSA) is 156 Å². The van der Waals surface area contributed by atoms with Gasteiger partial charge in [0.05, 0.1) is 16.7 Å². The molecule has 1 aromatic heterocycles. The highest BCUT2D eigenvalue weighted by Crippen LogP contribution is 2.21. The van der Waals surface area contributed by atoms with Gasteiger partial charge in [-0.3, -0.25) is 20.6 Å². The molecule has 146 valence electrons.